The summed E-state index contributed by atoms with van der Waals surface area (Å²) in [5, 5.41) is 7.65. The second kappa shape index (κ2) is 10.8. The molecule has 0 aliphatic heterocycles. The van der Waals surface area contributed by atoms with Gasteiger partial charge in [-0.15, -0.1) is 0 Å². The number of aromatic nitrogens is 2. The molecule has 0 radical (unpaired) electrons. The predicted molar refractivity (Wildman–Crippen MR) is 181 cm³/mol. The van der Waals surface area contributed by atoms with Crippen LogP contribution in [0.4, 0.5) is 0 Å². The molecule has 4 heteroatoms. The summed E-state index contributed by atoms with van der Waals surface area (Å²) in [6.07, 6.45) is 3.30. The Hall–Kier alpha value is -5.61. The molecule has 0 spiro atoms. The van der Waals surface area contributed by atoms with Crippen molar-refractivity contribution in [2.24, 2.45) is 10.7 Å². The molecule has 0 bridgehead atoms. The molecule has 42 heavy (non-hydrogen) atoms. The van der Waals surface area contributed by atoms with Crippen LogP contribution in [0.1, 0.15) is 5.56 Å². The lowest BCUT2D eigenvalue weighted by Gasteiger charge is -2.08. The lowest BCUT2D eigenvalue weighted by atomic mass is 10.0. The van der Waals surface area contributed by atoms with Crippen molar-refractivity contribution in [3.05, 3.63) is 145 Å². The highest BCUT2D eigenvalue weighted by Gasteiger charge is 2.15. The Bertz CT molecular complexity index is 2250. The Balaban J connectivity index is 0.000000204. The largest absolute Gasteiger partial charge is 0.404 e. The number of allylic oxidation sites excluding steroid dienone is 1. The van der Waals surface area contributed by atoms with Crippen molar-refractivity contribution in [1.82, 2.24) is 9.55 Å². The SMILES string of the molecule is CN=C/C(=C\N)c1ccccc1.c1ccc(-n2c3ccccc3c3cc4c(ccc5c6ccccc6[nH]c45)cc32)cc1. The van der Waals surface area contributed by atoms with Crippen LogP contribution in [0.5, 0.6) is 0 Å². The Morgan fingerprint density at radius 2 is 1.33 bits per heavy atom. The zero-order valence-corrected chi connectivity index (χ0v) is 23.3. The van der Waals surface area contributed by atoms with Crippen LogP contribution in [0, 0.1) is 0 Å². The van der Waals surface area contributed by atoms with Crippen LogP contribution in [0.2, 0.25) is 0 Å². The molecule has 2 aromatic heterocycles. The zero-order valence-electron chi connectivity index (χ0n) is 23.3. The van der Waals surface area contributed by atoms with Gasteiger partial charge in [0.15, 0.2) is 0 Å². The molecule has 0 saturated heterocycles. The number of nitrogens with zero attached hydrogens (tertiary/aromatic N) is 2. The van der Waals surface area contributed by atoms with Gasteiger partial charge in [0, 0.05) is 63.2 Å². The van der Waals surface area contributed by atoms with Crippen LogP contribution in [-0.2, 0) is 0 Å². The summed E-state index contributed by atoms with van der Waals surface area (Å²) in [5.74, 6) is 0. The Morgan fingerprint density at radius 3 is 2.10 bits per heavy atom. The van der Waals surface area contributed by atoms with E-state index in [0.717, 1.165) is 11.1 Å². The second-order valence-electron chi connectivity index (χ2n) is 10.3. The van der Waals surface area contributed by atoms with Gasteiger partial charge in [-0.3, -0.25) is 4.99 Å². The molecular formula is C38H30N4. The van der Waals surface area contributed by atoms with Gasteiger partial charge in [0.2, 0.25) is 0 Å². The summed E-state index contributed by atoms with van der Waals surface area (Å²) in [6.45, 7) is 0. The fraction of sp³-hybridized carbons (Fsp3) is 0.0263. The van der Waals surface area contributed by atoms with E-state index in [9.17, 15) is 0 Å². The van der Waals surface area contributed by atoms with E-state index in [2.05, 4.69) is 118 Å². The maximum absolute atomic E-state index is 5.44. The van der Waals surface area contributed by atoms with Crippen molar-refractivity contribution in [2.75, 3.05) is 7.05 Å². The highest BCUT2D eigenvalue weighted by Crippen LogP contribution is 2.38. The standard InChI is InChI=1S/C28H18N2.C10H12N2/c1-2-8-19(9-3-1)30-26-13-7-5-11-21(26)24-17-23-18(16-27(24)30)14-15-22-20-10-4-6-12-25(20)29-28(22)23;1-12-8-10(7-11)9-5-3-2-4-6-9/h1-17,29H;2-8H,11H2,1H3/b;10-7+,12-8?. The molecule has 0 saturated carbocycles. The average molecular weight is 543 g/mol. The van der Waals surface area contributed by atoms with Gasteiger partial charge in [0.1, 0.15) is 0 Å². The quantitative estimate of drug-likeness (QED) is 0.215. The Kier molecular flexibility index (Phi) is 6.49. The fourth-order valence-electron chi connectivity index (χ4n) is 5.95. The number of nitrogens with one attached hydrogen (secondary N) is 1. The summed E-state index contributed by atoms with van der Waals surface area (Å²) >= 11 is 0. The number of aliphatic imine (C=N–C) groups is 1. The first-order chi connectivity index (χ1) is 20.8. The number of H-pyrrole nitrogens is 1. The first-order valence-electron chi connectivity index (χ1n) is 14.1. The van der Waals surface area contributed by atoms with Crippen LogP contribution >= 0.6 is 0 Å². The number of aromatic amines is 1. The van der Waals surface area contributed by atoms with Gasteiger partial charge in [0.25, 0.3) is 0 Å². The minimum absolute atomic E-state index is 0.943. The first kappa shape index (κ1) is 25.4. The molecule has 8 rings (SSSR count). The number of para-hydroxylation sites is 3. The monoisotopic (exact) mass is 542 g/mol. The molecule has 0 aliphatic carbocycles. The van der Waals surface area contributed by atoms with Gasteiger partial charge in [-0.05, 0) is 47.3 Å². The van der Waals surface area contributed by atoms with Crippen LogP contribution in [-0.4, -0.2) is 22.8 Å². The number of nitrogens with two attached hydrogens (primary N) is 1. The molecule has 0 fully saturated rings. The second-order valence-corrected chi connectivity index (χ2v) is 10.3. The minimum atomic E-state index is 0.943. The van der Waals surface area contributed by atoms with Crippen molar-refractivity contribution in [3.8, 4) is 5.69 Å². The normalized spacial score (nSPS) is 12.1. The third kappa shape index (κ3) is 4.30. The van der Waals surface area contributed by atoms with Crippen LogP contribution < -0.4 is 5.73 Å². The number of rotatable bonds is 3. The molecule has 0 amide bonds. The molecule has 2 heterocycles. The van der Waals surface area contributed by atoms with Gasteiger partial charge >= 0.3 is 0 Å². The van der Waals surface area contributed by atoms with Gasteiger partial charge in [-0.2, -0.15) is 0 Å². The maximum atomic E-state index is 5.44. The molecule has 6 aromatic carbocycles. The van der Waals surface area contributed by atoms with E-state index in [1.54, 1.807) is 19.5 Å². The van der Waals surface area contributed by atoms with E-state index in [1.807, 2.05) is 30.3 Å². The first-order valence-corrected chi connectivity index (χ1v) is 14.1. The van der Waals surface area contributed by atoms with Gasteiger partial charge < -0.3 is 15.3 Å². The van der Waals surface area contributed by atoms with Crippen molar-refractivity contribution in [1.29, 1.82) is 0 Å². The third-order valence-electron chi connectivity index (χ3n) is 7.86. The lowest BCUT2D eigenvalue weighted by molar-refractivity contribution is 1.18. The minimum Gasteiger partial charge on any atom is -0.404 e. The van der Waals surface area contributed by atoms with E-state index in [4.69, 9.17) is 5.73 Å². The molecule has 3 N–H and O–H groups in total. The molecular weight excluding hydrogens is 512 g/mol. The Morgan fingerprint density at radius 1 is 0.643 bits per heavy atom. The van der Waals surface area contributed by atoms with Crippen LogP contribution in [0.3, 0.4) is 0 Å². The highest BCUT2D eigenvalue weighted by atomic mass is 15.0. The van der Waals surface area contributed by atoms with Crippen molar-refractivity contribution >= 4 is 66.2 Å². The molecule has 0 aliphatic rings. The summed E-state index contributed by atoms with van der Waals surface area (Å²) in [4.78, 5) is 7.58. The number of hydrogen-bond acceptors (Lipinski definition) is 2. The smallest absolute Gasteiger partial charge is 0.0547 e. The van der Waals surface area contributed by atoms with Gasteiger partial charge in [0.05, 0.1) is 16.6 Å². The summed E-state index contributed by atoms with van der Waals surface area (Å²) in [7, 11) is 1.73. The third-order valence-corrected chi connectivity index (χ3v) is 7.86. The lowest BCUT2D eigenvalue weighted by Crippen LogP contribution is -1.92. The van der Waals surface area contributed by atoms with E-state index in [1.165, 1.54) is 60.1 Å². The highest BCUT2D eigenvalue weighted by molar-refractivity contribution is 6.21. The van der Waals surface area contributed by atoms with E-state index >= 15 is 0 Å². The average Bonchev–Trinajstić information content (AvgIpc) is 3.59. The van der Waals surface area contributed by atoms with E-state index < -0.39 is 0 Å². The van der Waals surface area contributed by atoms with E-state index in [-0.39, 0.29) is 0 Å². The van der Waals surface area contributed by atoms with Gasteiger partial charge in [-0.1, -0.05) is 97.1 Å². The molecule has 202 valence electrons. The van der Waals surface area contributed by atoms with Crippen molar-refractivity contribution < 1.29 is 0 Å². The topological polar surface area (TPSA) is 59.1 Å². The molecule has 4 nitrogen and oxygen atoms in total. The molecule has 0 unspecified atom stereocenters. The van der Waals surface area contributed by atoms with Crippen LogP contribution in [0.15, 0.2) is 145 Å². The maximum Gasteiger partial charge on any atom is 0.0547 e. The van der Waals surface area contributed by atoms with Gasteiger partial charge in [-0.25, -0.2) is 0 Å². The van der Waals surface area contributed by atoms with Crippen molar-refractivity contribution in [2.45, 2.75) is 0 Å². The Labute approximate surface area is 244 Å². The predicted octanol–water partition coefficient (Wildman–Crippen LogP) is 9.26. The van der Waals surface area contributed by atoms with E-state index in [0.29, 0.717) is 0 Å². The number of benzene rings is 6. The van der Waals surface area contributed by atoms with Crippen molar-refractivity contribution in [3.63, 3.8) is 0 Å². The molecule has 0 atom stereocenters. The molecule has 8 aromatic rings. The summed E-state index contributed by atoms with van der Waals surface area (Å²) < 4.78 is 2.37. The fourth-order valence-corrected chi connectivity index (χ4v) is 5.95. The number of hydrogen-bond donors (Lipinski definition) is 2. The summed E-state index contributed by atoms with van der Waals surface area (Å²) in [6, 6.07) is 47.0. The summed E-state index contributed by atoms with van der Waals surface area (Å²) in [5.41, 5.74) is 13.5. The number of fused-ring (bicyclic) bond motifs is 8. The zero-order chi connectivity index (χ0) is 28.5. The van der Waals surface area contributed by atoms with Crippen LogP contribution in [0.25, 0.3) is 65.6 Å².